The Bertz CT molecular complexity index is 973. The second kappa shape index (κ2) is 7.94. The molecule has 1 aliphatic heterocycles. The number of imide groups is 1. The van der Waals surface area contributed by atoms with Crippen LogP contribution in [0.25, 0.3) is 0 Å². The fraction of sp³-hybridized carbons (Fsp3) is 0.375. The van der Waals surface area contributed by atoms with E-state index in [1.54, 1.807) is 4.90 Å². The fourth-order valence-electron chi connectivity index (χ4n) is 4.65. The number of carbonyl (C=O) groups is 3. The van der Waals surface area contributed by atoms with Gasteiger partial charge in [-0.05, 0) is 62.8 Å². The number of anilines is 1. The molecule has 1 aliphatic carbocycles. The van der Waals surface area contributed by atoms with E-state index in [-0.39, 0.29) is 24.4 Å². The van der Waals surface area contributed by atoms with E-state index >= 15 is 0 Å². The van der Waals surface area contributed by atoms with Crippen molar-refractivity contribution in [1.82, 2.24) is 10.2 Å². The molecule has 0 radical (unpaired) electrons. The number of hydrogen-bond donors (Lipinski definition) is 1. The van der Waals surface area contributed by atoms with Gasteiger partial charge in [-0.1, -0.05) is 42.5 Å². The Labute approximate surface area is 176 Å². The lowest BCUT2D eigenvalue weighted by molar-refractivity contribution is -0.135. The number of rotatable bonds is 4. The second-order valence-corrected chi connectivity index (χ2v) is 8.28. The van der Waals surface area contributed by atoms with Gasteiger partial charge < -0.3 is 10.2 Å². The molecule has 1 atom stereocenters. The van der Waals surface area contributed by atoms with Crippen LogP contribution in [0.3, 0.4) is 0 Å². The third-order valence-electron chi connectivity index (χ3n) is 6.01. The number of nitrogens with one attached hydrogen (secondary N) is 1. The van der Waals surface area contributed by atoms with E-state index < -0.39 is 11.6 Å². The first kappa shape index (κ1) is 20.1. The highest BCUT2D eigenvalue weighted by atomic mass is 16.2. The van der Waals surface area contributed by atoms with Gasteiger partial charge in [0.25, 0.3) is 5.91 Å². The smallest absolute Gasteiger partial charge is 0.319 e. The summed E-state index contributed by atoms with van der Waals surface area (Å²) in [6.45, 7) is 3.56. The summed E-state index contributed by atoms with van der Waals surface area (Å²) in [5, 5.41) is 2.95. The lowest BCUT2D eigenvalue weighted by atomic mass is 9.84. The van der Waals surface area contributed by atoms with Gasteiger partial charge in [0.15, 0.2) is 0 Å². The van der Waals surface area contributed by atoms with E-state index in [1.165, 1.54) is 0 Å². The number of fused-ring (bicyclic) bond motifs is 2. The number of urea groups is 1. The minimum atomic E-state index is -1.07. The summed E-state index contributed by atoms with van der Waals surface area (Å²) in [4.78, 5) is 42.3. The fourth-order valence-corrected chi connectivity index (χ4v) is 4.65. The topological polar surface area (TPSA) is 69.7 Å². The molecule has 0 saturated carbocycles. The van der Waals surface area contributed by atoms with Gasteiger partial charge in [0.1, 0.15) is 12.1 Å². The van der Waals surface area contributed by atoms with Crippen LogP contribution < -0.4 is 10.2 Å². The predicted octanol–water partition coefficient (Wildman–Crippen LogP) is 3.60. The summed E-state index contributed by atoms with van der Waals surface area (Å²) in [6.07, 6.45) is 3.24. The largest absolute Gasteiger partial charge is 0.325 e. The Hall–Kier alpha value is -3.15. The van der Waals surface area contributed by atoms with Crippen LogP contribution in [0.1, 0.15) is 44.2 Å². The first-order chi connectivity index (χ1) is 14.4. The molecule has 0 bridgehead atoms. The zero-order valence-corrected chi connectivity index (χ0v) is 17.4. The number of aryl methyl sites for hydroxylation is 1. The highest BCUT2D eigenvalue weighted by Crippen LogP contribution is 2.39. The van der Waals surface area contributed by atoms with Crippen molar-refractivity contribution < 1.29 is 14.4 Å². The first-order valence-electron chi connectivity index (χ1n) is 10.5. The predicted molar refractivity (Wildman–Crippen MR) is 115 cm³/mol. The molecule has 0 aromatic heterocycles. The number of benzene rings is 2. The van der Waals surface area contributed by atoms with Crippen molar-refractivity contribution in [3.05, 3.63) is 65.7 Å². The minimum absolute atomic E-state index is 0.103. The van der Waals surface area contributed by atoms with Crippen molar-refractivity contribution in [1.29, 1.82) is 0 Å². The average molecular weight is 405 g/mol. The Morgan fingerprint density at radius 3 is 2.50 bits per heavy atom. The van der Waals surface area contributed by atoms with Crippen LogP contribution in [-0.4, -0.2) is 35.3 Å². The average Bonchev–Trinajstić information content (AvgIpc) is 2.87. The van der Waals surface area contributed by atoms with Crippen molar-refractivity contribution in [3.8, 4) is 0 Å². The molecule has 2 aliphatic rings. The van der Waals surface area contributed by atoms with E-state index in [2.05, 4.69) is 5.32 Å². The molecule has 2 aromatic rings. The normalized spacial score (nSPS) is 20.8. The van der Waals surface area contributed by atoms with Gasteiger partial charge in [0, 0.05) is 11.7 Å². The minimum Gasteiger partial charge on any atom is -0.319 e. The first-order valence-corrected chi connectivity index (χ1v) is 10.5. The van der Waals surface area contributed by atoms with Crippen LogP contribution in [0, 0.1) is 0 Å². The van der Waals surface area contributed by atoms with E-state index in [0.29, 0.717) is 6.42 Å². The molecule has 1 saturated heterocycles. The van der Waals surface area contributed by atoms with Gasteiger partial charge in [-0.2, -0.15) is 0 Å². The highest BCUT2D eigenvalue weighted by molar-refractivity contribution is 6.11. The monoisotopic (exact) mass is 405 g/mol. The lowest BCUT2D eigenvalue weighted by Gasteiger charge is -2.29. The zero-order valence-electron chi connectivity index (χ0n) is 17.4. The quantitative estimate of drug-likeness (QED) is 0.790. The van der Waals surface area contributed by atoms with Gasteiger partial charge in [0.2, 0.25) is 5.91 Å². The molecular formula is C24H27N3O3. The standard InChI is InChI=1S/C24H27N3O3/c1-17(2)27(19-12-4-3-5-13-19)21(28)16-26-22(29)24(25-23(26)30)15-9-8-11-18-10-6-7-14-20(18)24/h3-7,10,12-14,17H,8-9,11,15-16H2,1-2H3,(H,25,30). The maximum atomic E-state index is 13.5. The summed E-state index contributed by atoms with van der Waals surface area (Å²) in [6, 6.07) is 16.5. The Kier molecular flexibility index (Phi) is 5.33. The van der Waals surface area contributed by atoms with Gasteiger partial charge in [-0.3, -0.25) is 14.5 Å². The zero-order chi connectivity index (χ0) is 21.3. The Morgan fingerprint density at radius 2 is 1.77 bits per heavy atom. The number of hydrogen-bond acceptors (Lipinski definition) is 3. The van der Waals surface area contributed by atoms with E-state index in [9.17, 15) is 14.4 Å². The molecular weight excluding hydrogens is 378 g/mol. The molecule has 1 N–H and O–H groups in total. The summed E-state index contributed by atoms with van der Waals surface area (Å²) >= 11 is 0. The molecule has 4 rings (SSSR count). The van der Waals surface area contributed by atoms with Gasteiger partial charge in [0.05, 0.1) is 0 Å². The van der Waals surface area contributed by atoms with Crippen LogP contribution in [-0.2, 0) is 21.5 Å². The van der Waals surface area contributed by atoms with Crippen molar-refractivity contribution in [2.45, 2.75) is 51.1 Å². The van der Waals surface area contributed by atoms with E-state index in [1.807, 2.05) is 68.4 Å². The van der Waals surface area contributed by atoms with Gasteiger partial charge >= 0.3 is 6.03 Å². The maximum Gasteiger partial charge on any atom is 0.325 e. The summed E-state index contributed by atoms with van der Waals surface area (Å²) in [7, 11) is 0. The molecule has 4 amide bonds. The van der Waals surface area contributed by atoms with Crippen molar-refractivity contribution >= 4 is 23.5 Å². The molecule has 1 unspecified atom stereocenters. The summed E-state index contributed by atoms with van der Waals surface area (Å²) < 4.78 is 0. The van der Waals surface area contributed by atoms with E-state index in [0.717, 1.165) is 41.0 Å². The third kappa shape index (κ3) is 3.36. The summed E-state index contributed by atoms with van der Waals surface area (Å²) in [5.74, 6) is -0.606. The van der Waals surface area contributed by atoms with Crippen LogP contribution >= 0.6 is 0 Å². The van der Waals surface area contributed by atoms with Crippen molar-refractivity contribution in [2.75, 3.05) is 11.4 Å². The maximum absolute atomic E-state index is 13.5. The molecule has 156 valence electrons. The summed E-state index contributed by atoms with van der Waals surface area (Å²) in [5.41, 5.74) is 1.63. The number of carbonyl (C=O) groups excluding carboxylic acids is 3. The number of para-hydroxylation sites is 1. The Morgan fingerprint density at radius 1 is 1.07 bits per heavy atom. The van der Waals surface area contributed by atoms with Crippen LogP contribution in [0.15, 0.2) is 54.6 Å². The molecule has 6 nitrogen and oxygen atoms in total. The van der Waals surface area contributed by atoms with Crippen LogP contribution in [0.2, 0.25) is 0 Å². The molecule has 1 heterocycles. The molecule has 1 spiro atoms. The molecule has 6 heteroatoms. The van der Waals surface area contributed by atoms with Gasteiger partial charge in [-0.15, -0.1) is 0 Å². The Balaban J connectivity index is 1.63. The highest BCUT2D eigenvalue weighted by Gasteiger charge is 2.53. The van der Waals surface area contributed by atoms with E-state index in [4.69, 9.17) is 0 Å². The van der Waals surface area contributed by atoms with Crippen molar-refractivity contribution in [2.24, 2.45) is 0 Å². The lowest BCUT2D eigenvalue weighted by Crippen LogP contribution is -2.47. The molecule has 30 heavy (non-hydrogen) atoms. The van der Waals surface area contributed by atoms with Gasteiger partial charge in [-0.25, -0.2) is 4.79 Å². The van der Waals surface area contributed by atoms with Crippen molar-refractivity contribution in [3.63, 3.8) is 0 Å². The molecule has 2 aromatic carbocycles. The van der Waals surface area contributed by atoms with Crippen LogP contribution in [0.5, 0.6) is 0 Å². The van der Waals surface area contributed by atoms with Crippen LogP contribution in [0.4, 0.5) is 10.5 Å². The molecule has 1 fully saturated rings. The second-order valence-electron chi connectivity index (χ2n) is 8.28. The SMILES string of the molecule is CC(C)N(C(=O)CN1C(=O)NC2(CCCCc3ccccc32)C1=O)c1ccccc1. The number of nitrogens with zero attached hydrogens (tertiary/aromatic N) is 2. The third-order valence-corrected chi connectivity index (χ3v) is 6.01. The number of amides is 4.